The lowest BCUT2D eigenvalue weighted by molar-refractivity contribution is -0.143. The van der Waals surface area contributed by atoms with Crippen molar-refractivity contribution < 1.29 is 14.3 Å². The van der Waals surface area contributed by atoms with Gasteiger partial charge in [-0.3, -0.25) is 9.59 Å². The van der Waals surface area contributed by atoms with Gasteiger partial charge in [-0.2, -0.15) is 0 Å². The summed E-state index contributed by atoms with van der Waals surface area (Å²) < 4.78 is 6.59. The van der Waals surface area contributed by atoms with Gasteiger partial charge in [0.1, 0.15) is 5.52 Å². The lowest BCUT2D eigenvalue weighted by atomic mass is 10.2. The van der Waals surface area contributed by atoms with Crippen LogP contribution in [0, 0.1) is 17.8 Å². The van der Waals surface area contributed by atoms with Crippen molar-refractivity contribution in [1.82, 2.24) is 19.4 Å². The predicted octanol–water partition coefficient (Wildman–Crippen LogP) is 0.459. The van der Waals surface area contributed by atoms with Crippen molar-refractivity contribution in [1.29, 1.82) is 0 Å². The molecule has 1 aliphatic heterocycles. The highest BCUT2D eigenvalue weighted by atomic mass is 16.5. The van der Waals surface area contributed by atoms with Crippen LogP contribution in [0.5, 0.6) is 0 Å². The first-order chi connectivity index (χ1) is 10.6. The third-order valence-corrected chi connectivity index (χ3v) is 4.75. The van der Waals surface area contributed by atoms with E-state index in [1.807, 2.05) is 11.6 Å². The summed E-state index contributed by atoms with van der Waals surface area (Å²) in [5, 5.41) is 0. The van der Waals surface area contributed by atoms with Crippen LogP contribution in [0.2, 0.25) is 0 Å². The van der Waals surface area contributed by atoms with Gasteiger partial charge in [-0.1, -0.05) is 0 Å². The number of carbonyl (C=O) groups excluding carboxylic acids is 2. The first-order valence-corrected chi connectivity index (χ1v) is 7.24. The Labute approximate surface area is 126 Å². The molecule has 0 bridgehead atoms. The predicted molar refractivity (Wildman–Crippen MR) is 76.9 cm³/mol. The number of nitrogens with zero attached hydrogens (tertiary/aromatic N) is 4. The van der Waals surface area contributed by atoms with Crippen LogP contribution in [0.4, 0.5) is 0 Å². The normalized spacial score (nSPS) is 26.1. The maximum Gasteiger partial charge on any atom is 0.309 e. The minimum atomic E-state index is -0.154. The molecule has 0 radical (unpaired) electrons. The van der Waals surface area contributed by atoms with E-state index in [0.717, 1.165) is 5.65 Å². The number of fused-ring (bicyclic) bond motifs is 2. The minimum absolute atomic E-state index is 0.0227. The number of hydrogen-bond donors (Lipinski definition) is 0. The van der Waals surface area contributed by atoms with Gasteiger partial charge in [0.05, 0.1) is 24.9 Å². The Morgan fingerprint density at radius 1 is 1.27 bits per heavy atom. The fourth-order valence-corrected chi connectivity index (χ4v) is 3.49. The van der Waals surface area contributed by atoms with Crippen LogP contribution in [0.15, 0.2) is 18.6 Å². The van der Waals surface area contributed by atoms with E-state index in [1.54, 1.807) is 23.5 Å². The van der Waals surface area contributed by atoms with Crippen molar-refractivity contribution in [2.75, 3.05) is 20.2 Å². The Morgan fingerprint density at radius 2 is 2.00 bits per heavy atom. The lowest BCUT2D eigenvalue weighted by Crippen LogP contribution is -2.32. The van der Waals surface area contributed by atoms with E-state index in [4.69, 9.17) is 4.74 Å². The summed E-state index contributed by atoms with van der Waals surface area (Å²) in [6, 6.07) is 1.77. The van der Waals surface area contributed by atoms with E-state index in [0.29, 0.717) is 24.2 Å². The summed E-state index contributed by atoms with van der Waals surface area (Å²) in [4.78, 5) is 34.4. The lowest BCUT2D eigenvalue weighted by Gasteiger charge is -2.19. The molecule has 1 amide bonds. The van der Waals surface area contributed by atoms with Crippen LogP contribution in [0.25, 0.3) is 11.2 Å². The number of methoxy groups -OCH3 is 1. The van der Waals surface area contributed by atoms with Crippen LogP contribution in [0.1, 0.15) is 10.4 Å². The fourth-order valence-electron chi connectivity index (χ4n) is 3.49. The van der Waals surface area contributed by atoms with Crippen molar-refractivity contribution in [3.05, 3.63) is 24.2 Å². The van der Waals surface area contributed by atoms with Gasteiger partial charge in [-0.25, -0.2) is 9.97 Å². The van der Waals surface area contributed by atoms with Gasteiger partial charge in [0, 0.05) is 26.3 Å². The molecular formula is C15H16N4O3. The highest BCUT2D eigenvalue weighted by molar-refractivity contribution is 5.96. The largest absolute Gasteiger partial charge is 0.469 e. The van der Waals surface area contributed by atoms with E-state index >= 15 is 0 Å². The highest BCUT2D eigenvalue weighted by Crippen LogP contribution is 2.52. The van der Waals surface area contributed by atoms with E-state index in [-0.39, 0.29) is 29.6 Å². The van der Waals surface area contributed by atoms with Crippen LogP contribution < -0.4 is 0 Å². The number of pyridine rings is 1. The number of ether oxygens (including phenoxy) is 1. The Balaban J connectivity index is 1.50. The van der Waals surface area contributed by atoms with Crippen LogP contribution >= 0.6 is 0 Å². The van der Waals surface area contributed by atoms with Gasteiger partial charge in [0.15, 0.2) is 5.65 Å². The van der Waals surface area contributed by atoms with Crippen LogP contribution in [0.3, 0.4) is 0 Å². The second-order valence-corrected chi connectivity index (χ2v) is 6.01. The number of aryl methyl sites for hydroxylation is 1. The monoisotopic (exact) mass is 300 g/mol. The van der Waals surface area contributed by atoms with Gasteiger partial charge in [0.25, 0.3) is 5.91 Å². The maximum absolute atomic E-state index is 12.5. The summed E-state index contributed by atoms with van der Waals surface area (Å²) in [5.41, 5.74) is 2.01. The molecule has 22 heavy (non-hydrogen) atoms. The molecule has 3 heterocycles. The summed E-state index contributed by atoms with van der Waals surface area (Å²) in [6.07, 6.45) is 3.27. The molecule has 4 rings (SSSR count). The second kappa shape index (κ2) is 4.53. The number of hydrogen-bond acceptors (Lipinski definition) is 5. The second-order valence-electron chi connectivity index (χ2n) is 6.01. The molecule has 1 unspecified atom stereocenters. The zero-order valence-corrected chi connectivity index (χ0v) is 12.4. The molecular weight excluding hydrogens is 284 g/mol. The molecule has 0 spiro atoms. The molecule has 7 nitrogen and oxygen atoms in total. The van der Waals surface area contributed by atoms with Crippen LogP contribution in [-0.4, -0.2) is 51.5 Å². The number of rotatable bonds is 2. The first kappa shape index (κ1) is 13.2. The summed E-state index contributed by atoms with van der Waals surface area (Å²) in [5.74, 6) is 0.283. The first-order valence-electron chi connectivity index (χ1n) is 7.24. The Morgan fingerprint density at radius 3 is 2.68 bits per heavy atom. The quantitative estimate of drug-likeness (QED) is 0.753. The Bertz CT molecular complexity index is 772. The molecule has 1 aliphatic carbocycles. The topological polar surface area (TPSA) is 77.3 Å². The number of esters is 1. The van der Waals surface area contributed by atoms with Gasteiger partial charge in [0.2, 0.25) is 0 Å². The molecule has 1 saturated carbocycles. The fraction of sp³-hybridized carbons (Fsp3) is 0.467. The molecule has 2 aromatic heterocycles. The third-order valence-electron chi connectivity index (χ3n) is 4.75. The number of aromatic nitrogens is 3. The third kappa shape index (κ3) is 1.81. The summed E-state index contributed by atoms with van der Waals surface area (Å²) in [6.45, 7) is 1.23. The molecule has 2 aromatic rings. The maximum atomic E-state index is 12.5. The average Bonchev–Trinajstić information content (AvgIpc) is 2.86. The van der Waals surface area contributed by atoms with Crippen molar-refractivity contribution in [2.45, 2.75) is 0 Å². The molecule has 114 valence electrons. The molecule has 7 heteroatoms. The molecule has 2 aliphatic rings. The Hall–Kier alpha value is -2.44. The molecule has 1 saturated heterocycles. The van der Waals surface area contributed by atoms with Gasteiger partial charge >= 0.3 is 5.97 Å². The standard InChI is InChI=1S/C15H16N4O3/c1-18-7-17-11-3-8(4-16-13(11)18)14(20)19-5-9-10(6-19)12(9)15(21)22-2/h3-4,7,9-10,12H,5-6H2,1-2H3/t9-,10+,12?. The highest BCUT2D eigenvalue weighted by Gasteiger charge is 2.61. The van der Waals surface area contributed by atoms with Gasteiger partial charge in [-0.15, -0.1) is 0 Å². The summed E-state index contributed by atoms with van der Waals surface area (Å²) >= 11 is 0. The van der Waals surface area contributed by atoms with Crippen molar-refractivity contribution in [3.63, 3.8) is 0 Å². The molecule has 3 atom stereocenters. The van der Waals surface area contributed by atoms with Gasteiger partial charge in [-0.05, 0) is 17.9 Å². The van der Waals surface area contributed by atoms with Crippen molar-refractivity contribution in [3.8, 4) is 0 Å². The summed E-state index contributed by atoms with van der Waals surface area (Å²) in [7, 11) is 3.28. The molecule has 0 N–H and O–H groups in total. The molecule has 0 aromatic carbocycles. The average molecular weight is 300 g/mol. The van der Waals surface area contributed by atoms with Gasteiger partial charge < -0.3 is 14.2 Å². The molecule has 2 fully saturated rings. The van der Waals surface area contributed by atoms with E-state index in [9.17, 15) is 9.59 Å². The smallest absolute Gasteiger partial charge is 0.309 e. The van der Waals surface area contributed by atoms with E-state index in [1.165, 1.54) is 7.11 Å². The number of carbonyl (C=O) groups is 2. The van der Waals surface area contributed by atoms with E-state index < -0.39 is 0 Å². The SMILES string of the molecule is COC(=O)C1[C@H]2CN(C(=O)c3cnc4c(c3)ncn4C)C[C@@H]12. The Kier molecular flexibility index (Phi) is 2.72. The number of likely N-dealkylation sites (tertiary alicyclic amines) is 1. The van der Waals surface area contributed by atoms with E-state index in [2.05, 4.69) is 9.97 Å². The number of imidazole rings is 1. The zero-order chi connectivity index (χ0) is 15.4. The van der Waals surface area contributed by atoms with Crippen LogP contribution in [-0.2, 0) is 16.6 Å². The van der Waals surface area contributed by atoms with Crippen molar-refractivity contribution in [2.24, 2.45) is 24.8 Å². The zero-order valence-electron chi connectivity index (χ0n) is 12.4. The number of amides is 1. The minimum Gasteiger partial charge on any atom is -0.469 e. The van der Waals surface area contributed by atoms with Crippen molar-refractivity contribution >= 4 is 23.0 Å². The number of piperidine rings is 1.